The average molecular weight is 296 g/mol. The number of hydrogen-bond acceptors (Lipinski definition) is 4. The van der Waals surface area contributed by atoms with Crippen LogP contribution in [0.25, 0.3) is 0 Å². The SMILES string of the molecule is CCc1ncccc1C1CCCCCN1c1cc(C)ncn1. The molecule has 0 aromatic carbocycles. The van der Waals surface area contributed by atoms with Crippen LogP contribution in [-0.4, -0.2) is 21.5 Å². The van der Waals surface area contributed by atoms with E-state index in [0.717, 1.165) is 24.5 Å². The quantitative estimate of drug-likeness (QED) is 0.862. The molecule has 4 nitrogen and oxygen atoms in total. The molecule has 0 spiro atoms. The van der Waals surface area contributed by atoms with Crippen LogP contribution in [0.4, 0.5) is 5.82 Å². The lowest BCUT2D eigenvalue weighted by Gasteiger charge is -2.32. The number of hydrogen-bond donors (Lipinski definition) is 0. The van der Waals surface area contributed by atoms with Crippen LogP contribution in [0.3, 0.4) is 0 Å². The molecule has 3 heterocycles. The number of aryl methyl sites for hydroxylation is 2. The Morgan fingerprint density at radius 2 is 2.09 bits per heavy atom. The number of nitrogens with zero attached hydrogens (tertiary/aromatic N) is 4. The van der Waals surface area contributed by atoms with Crippen molar-refractivity contribution in [1.82, 2.24) is 15.0 Å². The van der Waals surface area contributed by atoms with Crippen LogP contribution in [-0.2, 0) is 6.42 Å². The average Bonchev–Trinajstić information content (AvgIpc) is 2.80. The van der Waals surface area contributed by atoms with Gasteiger partial charge in [-0.25, -0.2) is 9.97 Å². The third-order valence-electron chi connectivity index (χ3n) is 4.46. The Bertz CT molecular complexity index is 626. The highest BCUT2D eigenvalue weighted by Gasteiger charge is 2.25. The first-order valence-electron chi connectivity index (χ1n) is 8.28. The van der Waals surface area contributed by atoms with E-state index in [1.165, 1.54) is 36.9 Å². The lowest BCUT2D eigenvalue weighted by Crippen LogP contribution is -2.30. The number of rotatable bonds is 3. The van der Waals surface area contributed by atoms with Crippen LogP contribution >= 0.6 is 0 Å². The second-order valence-corrected chi connectivity index (χ2v) is 5.97. The first-order valence-corrected chi connectivity index (χ1v) is 8.28. The maximum atomic E-state index is 4.59. The van der Waals surface area contributed by atoms with E-state index >= 15 is 0 Å². The van der Waals surface area contributed by atoms with E-state index < -0.39 is 0 Å². The van der Waals surface area contributed by atoms with Crippen molar-refractivity contribution in [2.24, 2.45) is 0 Å². The van der Waals surface area contributed by atoms with Crippen LogP contribution in [0.1, 0.15) is 55.6 Å². The molecule has 3 rings (SSSR count). The minimum absolute atomic E-state index is 0.375. The Morgan fingerprint density at radius 3 is 2.91 bits per heavy atom. The summed E-state index contributed by atoms with van der Waals surface area (Å²) in [6.07, 6.45) is 9.50. The molecule has 1 unspecified atom stereocenters. The van der Waals surface area contributed by atoms with Gasteiger partial charge in [0.1, 0.15) is 12.1 Å². The monoisotopic (exact) mass is 296 g/mol. The predicted octanol–water partition coefficient (Wildman–Crippen LogP) is 3.86. The van der Waals surface area contributed by atoms with Crippen LogP contribution in [0, 0.1) is 6.92 Å². The van der Waals surface area contributed by atoms with Gasteiger partial charge < -0.3 is 4.90 Å². The Balaban J connectivity index is 2.01. The molecular formula is C18H24N4. The summed E-state index contributed by atoms with van der Waals surface area (Å²) in [5.41, 5.74) is 3.60. The van der Waals surface area contributed by atoms with Gasteiger partial charge in [-0.3, -0.25) is 4.98 Å². The van der Waals surface area contributed by atoms with E-state index in [2.05, 4.69) is 45.0 Å². The number of aromatic nitrogens is 3. The largest absolute Gasteiger partial charge is 0.349 e. The zero-order valence-corrected chi connectivity index (χ0v) is 13.5. The van der Waals surface area contributed by atoms with Gasteiger partial charge in [0.25, 0.3) is 0 Å². The topological polar surface area (TPSA) is 41.9 Å². The summed E-state index contributed by atoms with van der Waals surface area (Å²) in [6.45, 7) is 5.26. The fourth-order valence-electron chi connectivity index (χ4n) is 3.35. The van der Waals surface area contributed by atoms with Gasteiger partial charge in [-0.1, -0.05) is 25.8 Å². The Morgan fingerprint density at radius 1 is 1.18 bits per heavy atom. The smallest absolute Gasteiger partial charge is 0.132 e. The van der Waals surface area contributed by atoms with Gasteiger partial charge >= 0.3 is 0 Å². The fourth-order valence-corrected chi connectivity index (χ4v) is 3.35. The molecule has 1 saturated heterocycles. The van der Waals surface area contributed by atoms with Gasteiger partial charge in [-0.2, -0.15) is 0 Å². The molecule has 1 atom stereocenters. The molecule has 116 valence electrons. The molecule has 1 aliphatic heterocycles. The van der Waals surface area contributed by atoms with E-state index in [4.69, 9.17) is 0 Å². The lowest BCUT2D eigenvalue weighted by molar-refractivity contribution is 0.588. The third kappa shape index (κ3) is 3.11. The van der Waals surface area contributed by atoms with Crippen LogP contribution in [0.15, 0.2) is 30.7 Å². The van der Waals surface area contributed by atoms with Crippen LogP contribution in [0.5, 0.6) is 0 Å². The minimum Gasteiger partial charge on any atom is -0.349 e. The van der Waals surface area contributed by atoms with Gasteiger partial charge in [-0.15, -0.1) is 0 Å². The summed E-state index contributed by atoms with van der Waals surface area (Å²) < 4.78 is 0. The maximum absolute atomic E-state index is 4.59. The van der Waals surface area contributed by atoms with E-state index in [1.807, 2.05) is 13.1 Å². The standard InChI is InChI=1S/C18H24N4/c1-3-16-15(8-7-10-19-16)17-9-5-4-6-11-22(17)18-12-14(2)20-13-21-18/h7-8,10,12-13,17H,3-6,9,11H2,1-2H3. The van der Waals surface area contributed by atoms with Crippen molar-refractivity contribution in [3.8, 4) is 0 Å². The summed E-state index contributed by atoms with van der Waals surface area (Å²) in [7, 11) is 0. The van der Waals surface area contributed by atoms with Crippen molar-refractivity contribution in [2.45, 2.75) is 52.0 Å². The highest BCUT2D eigenvalue weighted by Crippen LogP contribution is 2.34. The van der Waals surface area contributed by atoms with Crippen molar-refractivity contribution in [1.29, 1.82) is 0 Å². The lowest BCUT2D eigenvalue weighted by atomic mass is 9.98. The van der Waals surface area contributed by atoms with Crippen LogP contribution in [0.2, 0.25) is 0 Å². The summed E-state index contributed by atoms with van der Waals surface area (Å²) in [5, 5.41) is 0. The zero-order valence-electron chi connectivity index (χ0n) is 13.5. The summed E-state index contributed by atoms with van der Waals surface area (Å²) >= 11 is 0. The molecule has 0 saturated carbocycles. The molecule has 22 heavy (non-hydrogen) atoms. The van der Waals surface area contributed by atoms with Gasteiger partial charge in [0.15, 0.2) is 0 Å². The first-order chi connectivity index (χ1) is 10.8. The third-order valence-corrected chi connectivity index (χ3v) is 4.46. The van der Waals surface area contributed by atoms with E-state index in [9.17, 15) is 0 Å². The number of anilines is 1. The highest BCUT2D eigenvalue weighted by molar-refractivity contribution is 5.44. The molecule has 2 aromatic heterocycles. The second kappa shape index (κ2) is 6.86. The van der Waals surface area contributed by atoms with Crippen molar-refractivity contribution in [3.05, 3.63) is 47.7 Å². The van der Waals surface area contributed by atoms with E-state index in [0.29, 0.717) is 6.04 Å². The Labute approximate surface area is 132 Å². The van der Waals surface area contributed by atoms with E-state index in [1.54, 1.807) is 6.33 Å². The van der Waals surface area contributed by atoms with Gasteiger partial charge in [0.05, 0.1) is 6.04 Å². The van der Waals surface area contributed by atoms with Gasteiger partial charge in [0, 0.05) is 30.2 Å². The highest BCUT2D eigenvalue weighted by atomic mass is 15.2. The summed E-state index contributed by atoms with van der Waals surface area (Å²) in [4.78, 5) is 15.8. The molecule has 0 aliphatic carbocycles. The minimum atomic E-state index is 0.375. The van der Waals surface area contributed by atoms with Crippen molar-refractivity contribution < 1.29 is 0 Å². The molecule has 0 N–H and O–H groups in total. The summed E-state index contributed by atoms with van der Waals surface area (Å²) in [5.74, 6) is 1.05. The molecule has 2 aromatic rings. The van der Waals surface area contributed by atoms with Crippen molar-refractivity contribution in [3.63, 3.8) is 0 Å². The van der Waals surface area contributed by atoms with Crippen molar-refractivity contribution in [2.75, 3.05) is 11.4 Å². The van der Waals surface area contributed by atoms with Crippen LogP contribution < -0.4 is 4.90 Å². The fraction of sp³-hybridized carbons (Fsp3) is 0.500. The Kier molecular flexibility index (Phi) is 4.66. The molecule has 0 bridgehead atoms. The number of pyridine rings is 1. The maximum Gasteiger partial charge on any atom is 0.132 e. The molecule has 0 radical (unpaired) electrons. The normalized spacial score (nSPS) is 19.0. The molecule has 1 aliphatic rings. The Hall–Kier alpha value is -1.97. The summed E-state index contributed by atoms with van der Waals surface area (Å²) in [6, 6.07) is 6.77. The van der Waals surface area contributed by atoms with Crippen molar-refractivity contribution >= 4 is 5.82 Å². The van der Waals surface area contributed by atoms with E-state index in [-0.39, 0.29) is 0 Å². The molecule has 0 amide bonds. The predicted molar refractivity (Wildman–Crippen MR) is 88.9 cm³/mol. The second-order valence-electron chi connectivity index (χ2n) is 5.97. The molecule has 1 fully saturated rings. The molecular weight excluding hydrogens is 272 g/mol. The molecule has 4 heteroatoms. The zero-order chi connectivity index (χ0) is 15.4. The van der Waals surface area contributed by atoms with Gasteiger partial charge in [0.2, 0.25) is 0 Å². The first kappa shape index (κ1) is 14.9. The van der Waals surface area contributed by atoms with Gasteiger partial charge in [-0.05, 0) is 37.8 Å².